The quantitative estimate of drug-likeness (QED) is 0.498. The summed E-state index contributed by atoms with van der Waals surface area (Å²) in [7, 11) is 0. The molecule has 1 aliphatic heterocycles. The Morgan fingerprint density at radius 1 is 1.17 bits per heavy atom. The van der Waals surface area contributed by atoms with Crippen molar-refractivity contribution in [1.82, 2.24) is 15.3 Å². The number of aromatic nitrogens is 2. The summed E-state index contributed by atoms with van der Waals surface area (Å²) in [4.78, 5) is 23.1. The smallest absolute Gasteiger partial charge is 0.225 e. The predicted molar refractivity (Wildman–Crippen MR) is 134 cm³/mol. The van der Waals surface area contributed by atoms with E-state index in [-0.39, 0.29) is 12.3 Å². The number of hydrogen-bond donors (Lipinski definition) is 1. The van der Waals surface area contributed by atoms with Gasteiger partial charge in [0.1, 0.15) is 17.7 Å². The number of nitrogens with zero attached hydrogens (tertiary/aromatic N) is 3. The second-order valence-corrected chi connectivity index (χ2v) is 10.8. The second-order valence-electron chi connectivity index (χ2n) is 10.4. The third-order valence-corrected chi connectivity index (χ3v) is 8.12. The van der Waals surface area contributed by atoms with E-state index in [1.54, 1.807) is 24.5 Å². The van der Waals surface area contributed by atoms with Crippen LogP contribution >= 0.6 is 11.6 Å². The van der Waals surface area contributed by atoms with Crippen molar-refractivity contribution >= 4 is 23.5 Å². The fourth-order valence-corrected chi connectivity index (χ4v) is 5.87. The maximum absolute atomic E-state index is 14.5. The van der Waals surface area contributed by atoms with Crippen molar-refractivity contribution in [3.05, 3.63) is 47.0 Å². The highest BCUT2D eigenvalue weighted by atomic mass is 35.5. The average molecular weight is 519 g/mol. The third-order valence-electron chi connectivity index (χ3n) is 7.92. The lowest BCUT2D eigenvalue weighted by Gasteiger charge is -2.32. The molecule has 4 atom stereocenters. The Balaban J connectivity index is 1.01. The van der Waals surface area contributed by atoms with Crippen LogP contribution in [-0.4, -0.2) is 47.8 Å². The zero-order chi connectivity index (χ0) is 25.1. The molecule has 194 valence electrons. The molecule has 2 heterocycles. The lowest BCUT2D eigenvalue weighted by atomic mass is 9.90. The van der Waals surface area contributed by atoms with Crippen molar-refractivity contribution in [2.45, 2.75) is 63.6 Å². The van der Waals surface area contributed by atoms with Crippen LogP contribution in [0.5, 0.6) is 5.75 Å². The number of hydrogen-bond acceptors (Lipinski definition) is 5. The highest BCUT2D eigenvalue weighted by Crippen LogP contribution is 2.49. The van der Waals surface area contributed by atoms with Gasteiger partial charge in [0.2, 0.25) is 11.9 Å². The van der Waals surface area contributed by atoms with Crippen LogP contribution in [0, 0.1) is 23.6 Å². The molecule has 0 radical (unpaired) electrons. The topological polar surface area (TPSA) is 67.3 Å². The Hall–Kier alpha value is -2.48. The van der Waals surface area contributed by atoms with E-state index in [1.807, 2.05) is 0 Å². The molecule has 6 nitrogen and oxygen atoms in total. The summed E-state index contributed by atoms with van der Waals surface area (Å²) in [5, 5.41) is 3.24. The van der Waals surface area contributed by atoms with Gasteiger partial charge in [-0.1, -0.05) is 17.7 Å². The summed E-state index contributed by atoms with van der Waals surface area (Å²) in [6, 6.07) is 4.19. The monoisotopic (exact) mass is 518 g/mol. The predicted octanol–water partition coefficient (Wildman–Crippen LogP) is 5.14. The summed E-state index contributed by atoms with van der Waals surface area (Å²) >= 11 is 5.89. The molecule has 0 spiro atoms. The maximum atomic E-state index is 14.5. The molecule has 4 unspecified atom stereocenters. The minimum atomic E-state index is -1.00. The Morgan fingerprint density at radius 2 is 1.94 bits per heavy atom. The number of ether oxygens (including phenoxy) is 1. The molecule has 36 heavy (non-hydrogen) atoms. The van der Waals surface area contributed by atoms with Gasteiger partial charge < -0.3 is 15.0 Å². The van der Waals surface area contributed by atoms with Crippen LogP contribution in [0.1, 0.15) is 50.5 Å². The molecule has 1 aromatic carbocycles. The number of alkyl halides is 1. The van der Waals surface area contributed by atoms with Crippen molar-refractivity contribution in [2.24, 2.45) is 17.8 Å². The normalized spacial score (nSPS) is 26.1. The van der Waals surface area contributed by atoms with Crippen LogP contribution in [0.25, 0.3) is 0 Å². The summed E-state index contributed by atoms with van der Waals surface area (Å²) in [5.41, 5.74) is 0.297. The van der Waals surface area contributed by atoms with Crippen molar-refractivity contribution in [3.8, 4) is 5.75 Å². The van der Waals surface area contributed by atoms with Crippen LogP contribution in [0.4, 0.5) is 14.7 Å². The summed E-state index contributed by atoms with van der Waals surface area (Å²) in [6.07, 6.45) is 8.55. The first kappa shape index (κ1) is 25.2. The number of anilines is 1. The van der Waals surface area contributed by atoms with E-state index < -0.39 is 18.0 Å². The van der Waals surface area contributed by atoms with E-state index in [0.29, 0.717) is 41.7 Å². The number of benzene rings is 1. The second kappa shape index (κ2) is 11.3. The van der Waals surface area contributed by atoms with Crippen LogP contribution in [0.3, 0.4) is 0 Å². The zero-order valence-electron chi connectivity index (χ0n) is 20.3. The molecule has 3 fully saturated rings. The number of carbonyl (C=O) groups is 1. The maximum Gasteiger partial charge on any atom is 0.225 e. The van der Waals surface area contributed by atoms with Crippen molar-refractivity contribution in [1.29, 1.82) is 0 Å². The van der Waals surface area contributed by atoms with E-state index in [4.69, 9.17) is 16.3 Å². The van der Waals surface area contributed by atoms with Gasteiger partial charge in [-0.05, 0) is 74.3 Å². The van der Waals surface area contributed by atoms with Crippen molar-refractivity contribution in [3.63, 3.8) is 0 Å². The first-order valence-corrected chi connectivity index (χ1v) is 13.4. The summed E-state index contributed by atoms with van der Waals surface area (Å²) in [6.45, 7) is 2.48. The molecule has 1 saturated heterocycles. The number of halogens is 3. The summed E-state index contributed by atoms with van der Waals surface area (Å²) < 4.78 is 34.0. The Morgan fingerprint density at radius 3 is 2.64 bits per heavy atom. The first-order valence-electron chi connectivity index (χ1n) is 13.0. The van der Waals surface area contributed by atoms with E-state index >= 15 is 0 Å². The van der Waals surface area contributed by atoms with Gasteiger partial charge in [0.25, 0.3) is 0 Å². The number of rotatable bonds is 9. The number of amides is 1. The van der Waals surface area contributed by atoms with Crippen LogP contribution in [0.15, 0.2) is 30.6 Å². The first-order chi connectivity index (χ1) is 17.5. The molecule has 1 N–H and O–H groups in total. The largest absolute Gasteiger partial charge is 0.493 e. The molecule has 1 amide bonds. The Bertz CT molecular complexity index is 1050. The molecular formula is C27H33ClF2N4O2. The number of carbonyl (C=O) groups excluding carboxylic acids is 1. The van der Waals surface area contributed by atoms with Gasteiger partial charge in [-0.3, -0.25) is 4.79 Å². The molecule has 2 aromatic rings. The van der Waals surface area contributed by atoms with Crippen LogP contribution in [0.2, 0.25) is 5.02 Å². The zero-order valence-corrected chi connectivity index (χ0v) is 21.1. The van der Waals surface area contributed by atoms with Gasteiger partial charge in [-0.15, -0.1) is 0 Å². The van der Waals surface area contributed by atoms with Crippen molar-refractivity contribution in [2.75, 3.05) is 24.6 Å². The SMILES string of the molecule is O=C(Cc1ccc(OCCC2CC2C2CCN(c3ncc(Cl)cn3)CC2)cc1F)NC1CCCC1F. The van der Waals surface area contributed by atoms with Crippen LogP contribution in [-0.2, 0) is 11.2 Å². The molecule has 5 rings (SSSR count). The van der Waals surface area contributed by atoms with Crippen LogP contribution < -0.4 is 15.0 Å². The van der Waals surface area contributed by atoms with Gasteiger partial charge in [-0.2, -0.15) is 0 Å². The highest BCUT2D eigenvalue weighted by molar-refractivity contribution is 6.30. The molecule has 2 saturated carbocycles. The molecular weight excluding hydrogens is 486 g/mol. The van der Waals surface area contributed by atoms with Gasteiger partial charge in [0, 0.05) is 19.2 Å². The van der Waals surface area contributed by atoms with E-state index in [9.17, 15) is 13.6 Å². The van der Waals surface area contributed by atoms with E-state index in [1.165, 1.54) is 12.5 Å². The minimum absolute atomic E-state index is 0.0952. The number of piperidine rings is 1. The lowest BCUT2D eigenvalue weighted by molar-refractivity contribution is -0.121. The third kappa shape index (κ3) is 6.25. The molecule has 9 heteroatoms. The molecule has 3 aliphatic rings. The molecule has 1 aromatic heterocycles. The fourth-order valence-electron chi connectivity index (χ4n) is 5.77. The Kier molecular flexibility index (Phi) is 7.89. The highest BCUT2D eigenvalue weighted by Gasteiger charge is 2.43. The van der Waals surface area contributed by atoms with Crippen molar-refractivity contribution < 1.29 is 18.3 Å². The van der Waals surface area contributed by atoms with E-state index in [2.05, 4.69) is 20.2 Å². The lowest BCUT2D eigenvalue weighted by Crippen LogP contribution is -2.39. The van der Waals surface area contributed by atoms with E-state index in [0.717, 1.165) is 56.6 Å². The molecule has 2 aliphatic carbocycles. The number of nitrogens with one attached hydrogen (secondary N) is 1. The average Bonchev–Trinajstić information content (AvgIpc) is 3.54. The van der Waals surface area contributed by atoms with Gasteiger partial charge in [-0.25, -0.2) is 18.7 Å². The molecule has 0 bridgehead atoms. The Labute approximate surface area is 215 Å². The fraction of sp³-hybridized carbons (Fsp3) is 0.593. The van der Waals surface area contributed by atoms with Gasteiger partial charge in [0.05, 0.1) is 36.5 Å². The standard InChI is InChI=1S/C27H33ClF2N4O2/c28-20-15-31-27(32-16-20)34-9-6-17(7-10-34)22-12-18(22)8-11-36-21-5-4-19(24(30)14-21)13-26(35)33-25-3-1-2-23(25)29/h4-5,14-18,22-23,25H,1-3,6-13H2,(H,33,35). The minimum Gasteiger partial charge on any atom is -0.493 e. The summed E-state index contributed by atoms with van der Waals surface area (Å²) in [5.74, 6) is 2.54. The van der Waals surface area contributed by atoms with Gasteiger partial charge >= 0.3 is 0 Å². The van der Waals surface area contributed by atoms with Gasteiger partial charge in [0.15, 0.2) is 0 Å².